The number of halogens is 1. The summed E-state index contributed by atoms with van der Waals surface area (Å²) in [5.74, 6) is 1.59. The molecule has 0 spiro atoms. The molecule has 2 N–H and O–H groups in total. The van der Waals surface area contributed by atoms with Gasteiger partial charge in [-0.3, -0.25) is 0 Å². The van der Waals surface area contributed by atoms with E-state index in [1.54, 1.807) is 0 Å². The van der Waals surface area contributed by atoms with Gasteiger partial charge < -0.3 is 10.5 Å². The summed E-state index contributed by atoms with van der Waals surface area (Å²) in [5.41, 5.74) is 7.92. The molecular formula is C15H16ClNO. The van der Waals surface area contributed by atoms with Crippen molar-refractivity contribution in [3.8, 4) is 11.5 Å². The van der Waals surface area contributed by atoms with Crippen LogP contribution < -0.4 is 10.5 Å². The van der Waals surface area contributed by atoms with Gasteiger partial charge in [-0.05, 0) is 43.7 Å². The fourth-order valence-corrected chi connectivity index (χ4v) is 2.02. The summed E-state index contributed by atoms with van der Waals surface area (Å²) in [7, 11) is 0. The number of nitrogens with two attached hydrogens (primary N) is 1. The highest BCUT2D eigenvalue weighted by molar-refractivity contribution is 6.30. The van der Waals surface area contributed by atoms with Crippen LogP contribution in [0, 0.1) is 6.92 Å². The summed E-state index contributed by atoms with van der Waals surface area (Å²) < 4.78 is 5.92. The summed E-state index contributed by atoms with van der Waals surface area (Å²) in [6.07, 6.45) is 0. The Bertz CT molecular complexity index is 552. The van der Waals surface area contributed by atoms with Crippen molar-refractivity contribution in [2.24, 2.45) is 5.73 Å². The van der Waals surface area contributed by atoms with E-state index in [2.05, 4.69) is 0 Å². The third-order valence-corrected chi connectivity index (χ3v) is 3.00. The molecule has 18 heavy (non-hydrogen) atoms. The predicted octanol–water partition coefficient (Wildman–Crippen LogP) is 4.46. The van der Waals surface area contributed by atoms with Crippen molar-refractivity contribution in [2.75, 3.05) is 0 Å². The lowest BCUT2D eigenvalue weighted by Crippen LogP contribution is -2.06. The first-order valence-electron chi connectivity index (χ1n) is 5.86. The second kappa shape index (κ2) is 5.42. The summed E-state index contributed by atoms with van der Waals surface area (Å²) in [6.45, 7) is 3.91. The first-order chi connectivity index (χ1) is 8.58. The van der Waals surface area contributed by atoms with E-state index in [1.165, 1.54) is 0 Å². The van der Waals surface area contributed by atoms with Crippen LogP contribution >= 0.6 is 11.6 Å². The Hall–Kier alpha value is -1.51. The molecule has 0 aromatic heterocycles. The molecule has 0 bridgehead atoms. The molecule has 0 radical (unpaired) electrons. The van der Waals surface area contributed by atoms with Crippen molar-refractivity contribution in [1.29, 1.82) is 0 Å². The molecule has 0 aliphatic heterocycles. The minimum absolute atomic E-state index is 0.0613. The SMILES string of the molecule is Cc1cc(Cl)ccc1Oc1ccccc1C(C)N. The Morgan fingerprint density at radius 3 is 2.50 bits per heavy atom. The van der Waals surface area contributed by atoms with Crippen LogP contribution in [-0.2, 0) is 0 Å². The Kier molecular flexibility index (Phi) is 3.90. The minimum Gasteiger partial charge on any atom is -0.457 e. The maximum Gasteiger partial charge on any atom is 0.132 e. The molecule has 1 atom stereocenters. The quantitative estimate of drug-likeness (QED) is 0.885. The molecule has 2 rings (SSSR count). The van der Waals surface area contributed by atoms with Gasteiger partial charge in [0, 0.05) is 16.6 Å². The second-order valence-electron chi connectivity index (χ2n) is 4.34. The van der Waals surface area contributed by atoms with Crippen molar-refractivity contribution in [3.63, 3.8) is 0 Å². The van der Waals surface area contributed by atoms with Crippen LogP contribution in [0.4, 0.5) is 0 Å². The van der Waals surface area contributed by atoms with E-state index in [0.717, 1.165) is 22.6 Å². The molecule has 1 unspecified atom stereocenters. The third-order valence-electron chi connectivity index (χ3n) is 2.77. The molecule has 0 fully saturated rings. The van der Waals surface area contributed by atoms with Gasteiger partial charge in [0.2, 0.25) is 0 Å². The Morgan fingerprint density at radius 1 is 1.11 bits per heavy atom. The van der Waals surface area contributed by atoms with Gasteiger partial charge in [0.25, 0.3) is 0 Å². The third kappa shape index (κ3) is 2.84. The van der Waals surface area contributed by atoms with Gasteiger partial charge in [-0.15, -0.1) is 0 Å². The second-order valence-corrected chi connectivity index (χ2v) is 4.77. The van der Waals surface area contributed by atoms with E-state index in [9.17, 15) is 0 Å². The summed E-state index contributed by atoms with van der Waals surface area (Å²) in [4.78, 5) is 0. The van der Waals surface area contributed by atoms with Gasteiger partial charge in [0.05, 0.1) is 0 Å². The smallest absolute Gasteiger partial charge is 0.132 e. The van der Waals surface area contributed by atoms with Gasteiger partial charge >= 0.3 is 0 Å². The van der Waals surface area contributed by atoms with Gasteiger partial charge in [-0.1, -0.05) is 29.8 Å². The molecule has 2 nitrogen and oxygen atoms in total. The van der Waals surface area contributed by atoms with Crippen molar-refractivity contribution < 1.29 is 4.74 Å². The predicted molar refractivity (Wildman–Crippen MR) is 75.3 cm³/mol. The molecule has 0 aliphatic carbocycles. The topological polar surface area (TPSA) is 35.2 Å². The Labute approximate surface area is 112 Å². The molecule has 0 aliphatic rings. The standard InChI is InChI=1S/C15H16ClNO/c1-10-9-12(16)7-8-14(10)18-15-6-4-3-5-13(15)11(2)17/h3-9,11H,17H2,1-2H3. The molecular weight excluding hydrogens is 246 g/mol. The number of aryl methyl sites for hydroxylation is 1. The van der Waals surface area contributed by atoms with Crippen LogP contribution in [-0.4, -0.2) is 0 Å². The lowest BCUT2D eigenvalue weighted by atomic mass is 10.1. The number of hydrogen-bond acceptors (Lipinski definition) is 2. The highest BCUT2D eigenvalue weighted by atomic mass is 35.5. The Balaban J connectivity index is 2.34. The van der Waals surface area contributed by atoms with E-state index in [1.807, 2.05) is 56.3 Å². The maximum atomic E-state index is 5.93. The van der Waals surface area contributed by atoms with Gasteiger partial charge in [0.1, 0.15) is 11.5 Å². The molecule has 0 saturated carbocycles. The largest absolute Gasteiger partial charge is 0.457 e. The van der Waals surface area contributed by atoms with E-state index >= 15 is 0 Å². The van der Waals surface area contributed by atoms with Crippen molar-refractivity contribution in [2.45, 2.75) is 19.9 Å². The zero-order chi connectivity index (χ0) is 13.1. The van der Waals surface area contributed by atoms with Gasteiger partial charge in [0.15, 0.2) is 0 Å². The highest BCUT2D eigenvalue weighted by Gasteiger charge is 2.09. The minimum atomic E-state index is -0.0613. The van der Waals surface area contributed by atoms with Crippen molar-refractivity contribution in [1.82, 2.24) is 0 Å². The molecule has 2 aromatic rings. The summed E-state index contributed by atoms with van der Waals surface area (Å²) in [6, 6.07) is 13.3. The van der Waals surface area contributed by atoms with Crippen LogP contribution in [0.2, 0.25) is 5.02 Å². The number of para-hydroxylation sites is 1. The van der Waals surface area contributed by atoms with Crippen LogP contribution in [0.5, 0.6) is 11.5 Å². The monoisotopic (exact) mass is 261 g/mol. The average molecular weight is 262 g/mol. The van der Waals surface area contributed by atoms with Crippen molar-refractivity contribution in [3.05, 3.63) is 58.6 Å². The first kappa shape index (κ1) is 12.9. The lowest BCUT2D eigenvalue weighted by molar-refractivity contribution is 0.468. The molecule has 0 heterocycles. The highest BCUT2D eigenvalue weighted by Crippen LogP contribution is 2.31. The van der Waals surface area contributed by atoms with Gasteiger partial charge in [-0.2, -0.15) is 0 Å². The molecule has 94 valence electrons. The number of rotatable bonds is 3. The van der Waals surface area contributed by atoms with E-state index in [4.69, 9.17) is 22.1 Å². The van der Waals surface area contributed by atoms with Crippen molar-refractivity contribution >= 4 is 11.6 Å². The summed E-state index contributed by atoms with van der Waals surface area (Å²) >= 11 is 5.93. The average Bonchev–Trinajstić information content (AvgIpc) is 2.33. The summed E-state index contributed by atoms with van der Waals surface area (Å²) in [5, 5.41) is 0.709. The lowest BCUT2D eigenvalue weighted by Gasteiger charge is -2.14. The molecule has 0 amide bonds. The molecule has 0 saturated heterocycles. The molecule has 3 heteroatoms. The van der Waals surface area contributed by atoms with E-state index in [-0.39, 0.29) is 6.04 Å². The zero-order valence-corrected chi connectivity index (χ0v) is 11.2. The van der Waals surface area contributed by atoms with Crippen LogP contribution in [0.3, 0.4) is 0 Å². The van der Waals surface area contributed by atoms with Crippen LogP contribution in [0.25, 0.3) is 0 Å². The molecule has 2 aromatic carbocycles. The van der Waals surface area contributed by atoms with E-state index in [0.29, 0.717) is 5.02 Å². The number of hydrogen-bond donors (Lipinski definition) is 1. The van der Waals surface area contributed by atoms with E-state index < -0.39 is 0 Å². The van der Waals surface area contributed by atoms with Crippen LogP contribution in [0.15, 0.2) is 42.5 Å². The first-order valence-corrected chi connectivity index (χ1v) is 6.24. The number of ether oxygens (including phenoxy) is 1. The Morgan fingerprint density at radius 2 is 1.83 bits per heavy atom. The normalized spacial score (nSPS) is 12.2. The van der Waals surface area contributed by atoms with Gasteiger partial charge in [-0.25, -0.2) is 0 Å². The number of benzene rings is 2. The van der Waals surface area contributed by atoms with Crippen LogP contribution in [0.1, 0.15) is 24.1 Å². The fourth-order valence-electron chi connectivity index (χ4n) is 1.80. The fraction of sp³-hybridized carbons (Fsp3) is 0.200. The maximum absolute atomic E-state index is 5.93. The zero-order valence-electron chi connectivity index (χ0n) is 10.5.